The number of nitrogens with two attached hydrogens (primary N) is 1. The van der Waals surface area contributed by atoms with Gasteiger partial charge in [0.2, 0.25) is 5.91 Å². The number of benzene rings is 1. The summed E-state index contributed by atoms with van der Waals surface area (Å²) in [5, 5.41) is 1.93. The summed E-state index contributed by atoms with van der Waals surface area (Å²) < 4.78 is 5.39. The van der Waals surface area contributed by atoms with E-state index in [1.807, 2.05) is 30.4 Å². The second kappa shape index (κ2) is 7.90. The molecule has 2 heterocycles. The van der Waals surface area contributed by atoms with Crippen molar-refractivity contribution in [2.24, 2.45) is 0 Å². The number of imide groups is 1. The van der Waals surface area contributed by atoms with Gasteiger partial charge in [0.25, 0.3) is 5.91 Å². The zero-order valence-electron chi connectivity index (χ0n) is 14.2. The maximum atomic E-state index is 12.6. The molecule has 130 valence electrons. The highest BCUT2D eigenvalue weighted by Crippen LogP contribution is 2.24. The largest absolute Gasteiger partial charge is 0.494 e. The first kappa shape index (κ1) is 17.1. The summed E-state index contributed by atoms with van der Waals surface area (Å²) in [4.78, 5) is 30.4. The highest BCUT2D eigenvalue weighted by atomic mass is 16.5. The van der Waals surface area contributed by atoms with Gasteiger partial charge in [-0.05, 0) is 43.3 Å². The molecule has 0 unspecified atom stereocenters. The van der Waals surface area contributed by atoms with Crippen LogP contribution >= 0.6 is 0 Å². The number of quaternary nitrogens is 1. The lowest BCUT2D eigenvalue weighted by Crippen LogP contribution is -2.92. The molecule has 0 spiro atoms. The first-order valence-corrected chi connectivity index (χ1v) is 8.52. The Balaban J connectivity index is 1.59. The third kappa shape index (κ3) is 4.03. The van der Waals surface area contributed by atoms with Crippen molar-refractivity contribution < 1.29 is 19.6 Å². The van der Waals surface area contributed by atoms with Crippen LogP contribution in [0.15, 0.2) is 48.7 Å². The molecule has 1 aliphatic rings. The van der Waals surface area contributed by atoms with Gasteiger partial charge in [0.1, 0.15) is 5.75 Å². The van der Waals surface area contributed by atoms with Crippen molar-refractivity contribution in [3.8, 4) is 5.75 Å². The Kier molecular flexibility index (Phi) is 5.40. The van der Waals surface area contributed by atoms with Gasteiger partial charge in [0.15, 0.2) is 6.04 Å². The van der Waals surface area contributed by atoms with Crippen LogP contribution in [0.5, 0.6) is 5.75 Å². The van der Waals surface area contributed by atoms with Crippen molar-refractivity contribution in [3.63, 3.8) is 0 Å². The molecule has 2 amide bonds. The minimum atomic E-state index is -0.359. The predicted octanol–water partition coefficient (Wildman–Crippen LogP) is 0.918. The number of nitrogens with zero attached hydrogens (tertiary/aromatic N) is 2. The van der Waals surface area contributed by atoms with Gasteiger partial charge in [-0.1, -0.05) is 6.07 Å². The molecule has 2 aromatic rings. The van der Waals surface area contributed by atoms with E-state index >= 15 is 0 Å². The topological polar surface area (TPSA) is 76.1 Å². The molecule has 1 aromatic heterocycles. The van der Waals surface area contributed by atoms with Crippen molar-refractivity contribution >= 4 is 17.5 Å². The Labute approximate surface area is 146 Å². The van der Waals surface area contributed by atoms with Gasteiger partial charge in [-0.3, -0.25) is 14.6 Å². The van der Waals surface area contributed by atoms with Crippen LogP contribution in [-0.4, -0.2) is 36.0 Å². The number of carbonyl (C=O) groups is 2. The summed E-state index contributed by atoms with van der Waals surface area (Å²) in [5.41, 5.74) is 1.58. The standard InChI is InChI=1S/C19H21N3O3/c1-2-25-16-8-6-15(7-9-16)22-18(23)13-17(19(22)24)21-12-10-14-5-3-4-11-20-14/h3-9,11,17,21H,2,10,12-13H2,1H3/p+1/t17-/m0/s1. The normalized spacial score (nSPS) is 17.2. The molecule has 1 fully saturated rings. The monoisotopic (exact) mass is 340 g/mol. The molecule has 1 aromatic carbocycles. The van der Waals surface area contributed by atoms with Crippen LogP contribution in [0.25, 0.3) is 0 Å². The minimum Gasteiger partial charge on any atom is -0.494 e. The van der Waals surface area contributed by atoms with E-state index in [4.69, 9.17) is 4.74 Å². The molecule has 0 bridgehead atoms. The summed E-state index contributed by atoms with van der Waals surface area (Å²) >= 11 is 0. The van der Waals surface area contributed by atoms with Crippen molar-refractivity contribution in [1.29, 1.82) is 0 Å². The van der Waals surface area contributed by atoms with Gasteiger partial charge in [-0.2, -0.15) is 0 Å². The third-order valence-electron chi connectivity index (χ3n) is 4.17. The summed E-state index contributed by atoms with van der Waals surface area (Å²) in [6, 6.07) is 12.5. The van der Waals surface area contributed by atoms with Crippen LogP contribution < -0.4 is 15.0 Å². The lowest BCUT2D eigenvalue weighted by atomic mass is 10.2. The number of ether oxygens (including phenoxy) is 1. The SMILES string of the molecule is CCOc1ccc(N2C(=O)C[C@H]([NH2+]CCc3ccccn3)C2=O)cc1. The first-order valence-electron chi connectivity index (χ1n) is 8.52. The number of pyridine rings is 1. The number of hydrogen-bond acceptors (Lipinski definition) is 4. The lowest BCUT2D eigenvalue weighted by molar-refractivity contribution is -0.674. The molecular weight excluding hydrogens is 318 g/mol. The van der Waals surface area contributed by atoms with Crippen LogP contribution in [0.1, 0.15) is 19.0 Å². The molecule has 3 rings (SSSR count). The zero-order chi connectivity index (χ0) is 17.6. The van der Waals surface area contributed by atoms with Crippen LogP contribution in [0.4, 0.5) is 5.69 Å². The molecular formula is C19H22N3O3+. The van der Waals surface area contributed by atoms with Gasteiger partial charge in [-0.15, -0.1) is 0 Å². The van der Waals surface area contributed by atoms with Gasteiger partial charge in [0, 0.05) is 18.3 Å². The summed E-state index contributed by atoms with van der Waals surface area (Å²) in [7, 11) is 0. The second-order valence-electron chi connectivity index (χ2n) is 5.90. The Bertz CT molecular complexity index is 731. The second-order valence-corrected chi connectivity index (χ2v) is 5.90. The van der Waals surface area contributed by atoms with Crippen LogP contribution in [0.2, 0.25) is 0 Å². The molecule has 1 atom stereocenters. The third-order valence-corrected chi connectivity index (χ3v) is 4.17. The molecule has 0 aliphatic carbocycles. The van der Waals surface area contributed by atoms with Crippen LogP contribution in [0.3, 0.4) is 0 Å². The van der Waals surface area contributed by atoms with E-state index in [9.17, 15) is 9.59 Å². The Morgan fingerprint density at radius 3 is 2.68 bits per heavy atom. The molecule has 6 heteroatoms. The number of anilines is 1. The van der Waals surface area contributed by atoms with E-state index < -0.39 is 0 Å². The number of hydrogen-bond donors (Lipinski definition) is 1. The van der Waals surface area contributed by atoms with Crippen molar-refractivity contribution in [3.05, 3.63) is 54.4 Å². The molecule has 2 N–H and O–H groups in total. The molecule has 1 saturated heterocycles. The Morgan fingerprint density at radius 2 is 2.00 bits per heavy atom. The fourth-order valence-electron chi connectivity index (χ4n) is 2.95. The average Bonchev–Trinajstić information content (AvgIpc) is 2.91. The number of carbonyl (C=O) groups excluding carboxylic acids is 2. The average molecular weight is 340 g/mol. The Hall–Kier alpha value is -2.73. The van der Waals surface area contributed by atoms with Crippen molar-refractivity contribution in [2.75, 3.05) is 18.1 Å². The maximum Gasteiger partial charge on any atom is 0.292 e. The van der Waals surface area contributed by atoms with Gasteiger partial charge in [-0.25, -0.2) is 4.90 Å². The van der Waals surface area contributed by atoms with E-state index in [0.29, 0.717) is 12.3 Å². The molecule has 25 heavy (non-hydrogen) atoms. The molecule has 1 aliphatic heterocycles. The fourth-order valence-corrected chi connectivity index (χ4v) is 2.95. The number of rotatable bonds is 7. The molecule has 6 nitrogen and oxygen atoms in total. The van der Waals surface area contributed by atoms with E-state index in [0.717, 1.165) is 24.4 Å². The predicted molar refractivity (Wildman–Crippen MR) is 93.2 cm³/mol. The summed E-state index contributed by atoms with van der Waals surface area (Å²) in [5.74, 6) is 0.409. The van der Waals surface area contributed by atoms with E-state index in [2.05, 4.69) is 4.98 Å². The molecule has 0 saturated carbocycles. The molecule has 0 radical (unpaired) electrons. The van der Waals surface area contributed by atoms with E-state index in [1.54, 1.807) is 30.5 Å². The zero-order valence-corrected chi connectivity index (χ0v) is 14.2. The van der Waals surface area contributed by atoms with Gasteiger partial charge >= 0.3 is 0 Å². The number of aromatic nitrogens is 1. The minimum absolute atomic E-state index is 0.157. The van der Waals surface area contributed by atoms with Gasteiger partial charge in [0.05, 0.1) is 25.3 Å². The summed E-state index contributed by atoms with van der Waals surface area (Å²) in [6.07, 6.45) is 2.75. The Morgan fingerprint density at radius 1 is 1.20 bits per heavy atom. The highest BCUT2D eigenvalue weighted by molar-refractivity contribution is 6.21. The van der Waals surface area contributed by atoms with E-state index in [-0.39, 0.29) is 24.3 Å². The van der Waals surface area contributed by atoms with E-state index in [1.165, 1.54) is 4.90 Å². The smallest absolute Gasteiger partial charge is 0.292 e. The first-order chi connectivity index (χ1) is 12.2. The maximum absolute atomic E-state index is 12.6. The summed E-state index contributed by atoms with van der Waals surface area (Å²) in [6.45, 7) is 3.21. The van der Waals surface area contributed by atoms with Gasteiger partial charge < -0.3 is 10.1 Å². The highest BCUT2D eigenvalue weighted by Gasteiger charge is 2.42. The lowest BCUT2D eigenvalue weighted by Gasteiger charge is -2.14. The van der Waals surface area contributed by atoms with Crippen LogP contribution in [0, 0.1) is 0 Å². The van der Waals surface area contributed by atoms with Crippen molar-refractivity contribution in [2.45, 2.75) is 25.8 Å². The fraction of sp³-hybridized carbons (Fsp3) is 0.316. The number of amides is 2. The van der Waals surface area contributed by atoms with Crippen molar-refractivity contribution in [1.82, 2.24) is 4.98 Å². The quantitative estimate of drug-likeness (QED) is 0.761. The van der Waals surface area contributed by atoms with Crippen LogP contribution in [-0.2, 0) is 16.0 Å².